The zero-order valence-corrected chi connectivity index (χ0v) is 17.8. The zero-order chi connectivity index (χ0) is 21.9. The van der Waals surface area contributed by atoms with Gasteiger partial charge in [-0.2, -0.15) is 5.10 Å². The van der Waals surface area contributed by atoms with Gasteiger partial charge >= 0.3 is 0 Å². The minimum Gasteiger partial charge on any atom is -0.339 e. The molecule has 2 fully saturated rings. The van der Waals surface area contributed by atoms with Crippen LogP contribution in [0.25, 0.3) is 23.0 Å². The van der Waals surface area contributed by atoms with Crippen LogP contribution < -0.4 is 0 Å². The SMILES string of the molecule is O=C(C=Cc1cn(-c2ccccc2)nc1-c1cccnc1)N1CCN(C(=O)C2CC2)CC1. The summed E-state index contributed by atoms with van der Waals surface area (Å²) in [5.74, 6) is 0.430. The summed E-state index contributed by atoms with van der Waals surface area (Å²) in [5, 5.41) is 4.75. The van der Waals surface area contributed by atoms with Gasteiger partial charge in [0, 0.05) is 67.9 Å². The topological polar surface area (TPSA) is 71.3 Å². The number of carbonyl (C=O) groups excluding carboxylic acids is 2. The molecule has 1 aliphatic heterocycles. The number of aromatic nitrogens is 3. The van der Waals surface area contributed by atoms with E-state index in [1.54, 1.807) is 23.4 Å². The van der Waals surface area contributed by atoms with E-state index in [1.807, 2.05) is 64.3 Å². The average Bonchev–Trinajstić information content (AvgIpc) is 3.62. The third kappa shape index (κ3) is 4.32. The van der Waals surface area contributed by atoms with Crippen LogP contribution in [-0.4, -0.2) is 62.6 Å². The van der Waals surface area contributed by atoms with Gasteiger partial charge in [0.25, 0.3) is 0 Å². The third-order valence-corrected chi connectivity index (χ3v) is 5.93. The lowest BCUT2D eigenvalue weighted by Gasteiger charge is -2.34. The summed E-state index contributed by atoms with van der Waals surface area (Å²) < 4.78 is 1.81. The van der Waals surface area contributed by atoms with Crippen LogP contribution in [0.1, 0.15) is 18.4 Å². The Hall–Kier alpha value is -3.74. The van der Waals surface area contributed by atoms with E-state index in [0.717, 1.165) is 35.3 Å². The first kappa shape index (κ1) is 20.2. The molecule has 7 heteroatoms. The van der Waals surface area contributed by atoms with Gasteiger partial charge in [0.15, 0.2) is 0 Å². The lowest BCUT2D eigenvalue weighted by Crippen LogP contribution is -2.50. The maximum absolute atomic E-state index is 12.8. The summed E-state index contributed by atoms with van der Waals surface area (Å²) in [4.78, 5) is 33.0. The molecule has 0 atom stereocenters. The Morgan fingerprint density at radius 3 is 2.38 bits per heavy atom. The summed E-state index contributed by atoms with van der Waals surface area (Å²) in [7, 11) is 0. The highest BCUT2D eigenvalue weighted by molar-refractivity contribution is 5.93. The molecule has 3 heterocycles. The summed E-state index contributed by atoms with van der Waals surface area (Å²) >= 11 is 0. The first-order chi connectivity index (χ1) is 15.7. The Kier molecular flexibility index (Phi) is 5.54. The largest absolute Gasteiger partial charge is 0.339 e. The molecule has 0 radical (unpaired) electrons. The minimum absolute atomic E-state index is 0.0480. The fraction of sp³-hybridized carbons (Fsp3) is 0.280. The Balaban J connectivity index is 1.33. The maximum atomic E-state index is 12.8. The predicted octanol–water partition coefficient (Wildman–Crippen LogP) is 3.03. The van der Waals surface area contributed by atoms with Gasteiger partial charge in [-0.3, -0.25) is 14.6 Å². The standard InChI is InChI=1S/C25H25N5O2/c31-23(28-13-15-29(16-14-28)25(32)19-8-9-19)11-10-21-18-30(22-6-2-1-3-7-22)27-24(21)20-5-4-12-26-17-20/h1-7,10-12,17-19H,8-9,13-16H2. The van der Waals surface area contributed by atoms with Gasteiger partial charge in [-0.25, -0.2) is 4.68 Å². The number of piperazine rings is 1. The van der Waals surface area contributed by atoms with Crippen molar-refractivity contribution >= 4 is 17.9 Å². The van der Waals surface area contributed by atoms with Gasteiger partial charge in [0.1, 0.15) is 5.69 Å². The van der Waals surface area contributed by atoms with Crippen LogP contribution in [0.15, 0.2) is 67.1 Å². The van der Waals surface area contributed by atoms with Crippen LogP contribution in [0.5, 0.6) is 0 Å². The molecule has 7 nitrogen and oxygen atoms in total. The number of amides is 2. The number of hydrogen-bond acceptors (Lipinski definition) is 4. The highest BCUT2D eigenvalue weighted by Crippen LogP contribution is 2.31. The number of nitrogens with zero attached hydrogens (tertiary/aromatic N) is 5. The smallest absolute Gasteiger partial charge is 0.246 e. The maximum Gasteiger partial charge on any atom is 0.246 e. The van der Waals surface area contributed by atoms with E-state index in [1.165, 1.54) is 0 Å². The molecule has 162 valence electrons. The van der Waals surface area contributed by atoms with E-state index >= 15 is 0 Å². The fourth-order valence-corrected chi connectivity index (χ4v) is 3.95. The summed E-state index contributed by atoms with van der Waals surface area (Å²) in [5.41, 5.74) is 3.45. The number of pyridine rings is 1. The van der Waals surface area contributed by atoms with E-state index in [4.69, 9.17) is 5.10 Å². The van der Waals surface area contributed by atoms with Crippen molar-refractivity contribution in [2.24, 2.45) is 5.92 Å². The molecule has 1 saturated heterocycles. The zero-order valence-electron chi connectivity index (χ0n) is 17.8. The number of benzene rings is 1. The molecule has 1 saturated carbocycles. The van der Waals surface area contributed by atoms with Gasteiger partial charge < -0.3 is 9.80 Å². The van der Waals surface area contributed by atoms with Crippen molar-refractivity contribution in [2.45, 2.75) is 12.8 Å². The van der Waals surface area contributed by atoms with Crippen molar-refractivity contribution in [3.63, 3.8) is 0 Å². The molecular weight excluding hydrogens is 402 g/mol. The van der Waals surface area contributed by atoms with Crippen molar-refractivity contribution < 1.29 is 9.59 Å². The molecule has 0 N–H and O–H groups in total. The quantitative estimate of drug-likeness (QED) is 0.587. The van der Waals surface area contributed by atoms with Gasteiger partial charge in [-0.1, -0.05) is 18.2 Å². The first-order valence-electron chi connectivity index (χ1n) is 11.0. The van der Waals surface area contributed by atoms with Crippen LogP contribution in [0.2, 0.25) is 0 Å². The van der Waals surface area contributed by atoms with E-state index in [2.05, 4.69) is 4.98 Å². The van der Waals surface area contributed by atoms with Gasteiger partial charge in [0.05, 0.1) is 5.69 Å². The van der Waals surface area contributed by atoms with Gasteiger partial charge in [0.2, 0.25) is 11.8 Å². The second kappa shape index (κ2) is 8.78. The Bertz CT molecular complexity index is 1130. The normalized spacial score (nSPS) is 16.5. The summed E-state index contributed by atoms with van der Waals surface area (Å²) in [6.45, 7) is 2.37. The summed E-state index contributed by atoms with van der Waals surface area (Å²) in [6.07, 6.45) is 10.9. The molecule has 0 spiro atoms. The Morgan fingerprint density at radius 2 is 1.69 bits per heavy atom. The van der Waals surface area contributed by atoms with Gasteiger partial charge in [-0.15, -0.1) is 0 Å². The van der Waals surface area contributed by atoms with Crippen molar-refractivity contribution in [3.8, 4) is 16.9 Å². The molecule has 0 bridgehead atoms. The van der Waals surface area contributed by atoms with Gasteiger partial charge in [-0.05, 0) is 43.2 Å². The van der Waals surface area contributed by atoms with E-state index in [0.29, 0.717) is 26.2 Å². The highest BCUT2D eigenvalue weighted by Gasteiger charge is 2.34. The Labute approximate surface area is 187 Å². The minimum atomic E-state index is -0.0480. The number of para-hydroxylation sites is 1. The number of rotatable bonds is 5. The molecule has 32 heavy (non-hydrogen) atoms. The number of hydrogen-bond donors (Lipinski definition) is 0. The lowest BCUT2D eigenvalue weighted by molar-refractivity contribution is -0.138. The summed E-state index contributed by atoms with van der Waals surface area (Å²) in [6, 6.07) is 13.7. The highest BCUT2D eigenvalue weighted by atomic mass is 16.2. The average molecular weight is 428 g/mol. The third-order valence-electron chi connectivity index (χ3n) is 5.93. The Morgan fingerprint density at radius 1 is 0.938 bits per heavy atom. The second-order valence-corrected chi connectivity index (χ2v) is 8.21. The predicted molar refractivity (Wildman–Crippen MR) is 122 cm³/mol. The molecule has 2 aromatic heterocycles. The lowest BCUT2D eigenvalue weighted by atomic mass is 10.1. The number of carbonyl (C=O) groups is 2. The van der Waals surface area contributed by atoms with Crippen molar-refractivity contribution in [3.05, 3.63) is 72.7 Å². The van der Waals surface area contributed by atoms with Crippen LogP contribution in [0.3, 0.4) is 0 Å². The van der Waals surface area contributed by atoms with E-state index in [-0.39, 0.29) is 17.7 Å². The molecule has 1 aromatic carbocycles. The molecular formula is C25H25N5O2. The molecule has 2 amide bonds. The van der Waals surface area contributed by atoms with E-state index in [9.17, 15) is 9.59 Å². The monoisotopic (exact) mass is 427 g/mol. The molecule has 3 aromatic rings. The molecule has 0 unspecified atom stereocenters. The molecule has 5 rings (SSSR count). The fourth-order valence-electron chi connectivity index (χ4n) is 3.95. The van der Waals surface area contributed by atoms with Crippen LogP contribution in [0, 0.1) is 5.92 Å². The first-order valence-corrected chi connectivity index (χ1v) is 11.0. The van der Waals surface area contributed by atoms with Crippen LogP contribution in [0.4, 0.5) is 0 Å². The van der Waals surface area contributed by atoms with Crippen LogP contribution >= 0.6 is 0 Å². The van der Waals surface area contributed by atoms with Crippen molar-refractivity contribution in [1.29, 1.82) is 0 Å². The second-order valence-electron chi connectivity index (χ2n) is 8.21. The van der Waals surface area contributed by atoms with E-state index < -0.39 is 0 Å². The molecule has 1 aliphatic carbocycles. The van der Waals surface area contributed by atoms with Crippen molar-refractivity contribution in [1.82, 2.24) is 24.6 Å². The molecule has 2 aliphatic rings. The van der Waals surface area contributed by atoms with Crippen LogP contribution in [-0.2, 0) is 9.59 Å². The van der Waals surface area contributed by atoms with Crippen molar-refractivity contribution in [2.75, 3.05) is 26.2 Å².